The maximum Gasteiger partial charge on any atom is 0.404 e. The van der Waals surface area contributed by atoms with E-state index in [1.807, 2.05) is 42.5 Å². The lowest BCUT2D eigenvalue weighted by atomic mass is 9.82. The molecule has 9 nitrogen and oxygen atoms in total. The first kappa shape index (κ1) is 25.0. The van der Waals surface area contributed by atoms with E-state index in [4.69, 9.17) is 10.1 Å². The van der Waals surface area contributed by atoms with Crippen LogP contribution < -0.4 is 15.5 Å². The smallest absolute Gasteiger partial charge is 0.404 e. The molecule has 1 saturated heterocycles. The first-order valence-corrected chi connectivity index (χ1v) is 13.0. The number of aliphatic hydroxyl groups is 1. The number of aromatic nitrogens is 2. The van der Waals surface area contributed by atoms with E-state index >= 15 is 0 Å². The number of amides is 2. The highest BCUT2D eigenvalue weighted by Crippen LogP contribution is 2.29. The van der Waals surface area contributed by atoms with Crippen molar-refractivity contribution in [3.05, 3.63) is 54.2 Å². The van der Waals surface area contributed by atoms with Gasteiger partial charge in [-0.15, -0.1) is 0 Å². The second kappa shape index (κ2) is 11.1. The lowest BCUT2D eigenvalue weighted by molar-refractivity contribution is 0.0942. The first-order chi connectivity index (χ1) is 18.0. The second-order valence-corrected chi connectivity index (χ2v) is 10.1. The lowest BCUT2D eigenvalue weighted by Gasteiger charge is -2.28. The van der Waals surface area contributed by atoms with E-state index in [9.17, 15) is 14.7 Å². The number of aliphatic hydroxyl groups excluding tert-OH is 1. The minimum absolute atomic E-state index is 0.120. The molecule has 2 aliphatic rings. The molecule has 3 heterocycles. The molecule has 2 amide bonds. The molecule has 1 saturated carbocycles. The molecule has 1 aliphatic carbocycles. The number of carboxylic acid groups (broad SMARTS) is 1. The van der Waals surface area contributed by atoms with Crippen molar-refractivity contribution in [2.24, 2.45) is 11.8 Å². The number of hydrogen-bond donors (Lipinski definition) is 4. The van der Waals surface area contributed by atoms with E-state index in [2.05, 4.69) is 20.5 Å². The Morgan fingerprint density at radius 2 is 1.70 bits per heavy atom. The fraction of sp³-hybridized carbons (Fsp3) is 0.429. The maximum absolute atomic E-state index is 13.3. The monoisotopic (exact) mass is 503 g/mol. The summed E-state index contributed by atoms with van der Waals surface area (Å²) in [6, 6.07) is 13.4. The van der Waals surface area contributed by atoms with Gasteiger partial charge in [0.1, 0.15) is 5.82 Å². The summed E-state index contributed by atoms with van der Waals surface area (Å²) in [5.74, 6) is 1.46. The van der Waals surface area contributed by atoms with Gasteiger partial charge in [-0.25, -0.2) is 14.8 Å². The third kappa shape index (κ3) is 5.99. The minimum Gasteiger partial charge on any atom is -0.465 e. The Hall–Kier alpha value is -3.72. The average molecular weight is 504 g/mol. The molecule has 9 heteroatoms. The van der Waals surface area contributed by atoms with Gasteiger partial charge in [0.2, 0.25) is 0 Å². The van der Waals surface area contributed by atoms with Crippen molar-refractivity contribution in [2.75, 3.05) is 31.1 Å². The van der Waals surface area contributed by atoms with E-state index < -0.39 is 6.09 Å². The van der Waals surface area contributed by atoms with Crippen LogP contribution in [0.25, 0.3) is 22.2 Å². The van der Waals surface area contributed by atoms with Crippen LogP contribution in [0.2, 0.25) is 0 Å². The zero-order chi connectivity index (χ0) is 25.8. The van der Waals surface area contributed by atoms with E-state index in [-0.39, 0.29) is 12.0 Å². The van der Waals surface area contributed by atoms with Crippen LogP contribution in [0, 0.1) is 11.8 Å². The summed E-state index contributed by atoms with van der Waals surface area (Å²) < 4.78 is 0. The van der Waals surface area contributed by atoms with Crippen LogP contribution >= 0.6 is 0 Å². The van der Waals surface area contributed by atoms with Crippen molar-refractivity contribution in [3.63, 3.8) is 0 Å². The minimum atomic E-state index is -0.975. The molecule has 194 valence electrons. The molecule has 0 radical (unpaired) electrons. The molecule has 4 N–H and O–H groups in total. The van der Waals surface area contributed by atoms with Gasteiger partial charge >= 0.3 is 6.09 Å². The molecule has 5 rings (SSSR count). The van der Waals surface area contributed by atoms with Gasteiger partial charge in [0.15, 0.2) is 0 Å². The third-order valence-electron chi connectivity index (χ3n) is 7.55. The summed E-state index contributed by atoms with van der Waals surface area (Å²) in [7, 11) is 0. The number of para-hydroxylation sites is 1. The Labute approximate surface area is 215 Å². The van der Waals surface area contributed by atoms with Gasteiger partial charge in [0.25, 0.3) is 5.91 Å². The third-order valence-corrected chi connectivity index (χ3v) is 7.55. The molecular formula is C28H33N5O4. The van der Waals surface area contributed by atoms with Crippen molar-refractivity contribution in [1.29, 1.82) is 0 Å². The number of carbonyl (C=O) groups is 2. The van der Waals surface area contributed by atoms with Gasteiger partial charge < -0.3 is 25.7 Å². The van der Waals surface area contributed by atoms with Gasteiger partial charge in [-0.3, -0.25) is 4.79 Å². The molecule has 2 aromatic heterocycles. The number of fused-ring (bicyclic) bond motifs is 1. The zero-order valence-corrected chi connectivity index (χ0v) is 20.8. The number of β-amino-alcohol motifs (C(OH)–C–C–N with tert-alkyl or cyclic N) is 1. The Kier molecular flexibility index (Phi) is 7.50. The van der Waals surface area contributed by atoms with Gasteiger partial charge in [-0.2, -0.15) is 0 Å². The van der Waals surface area contributed by atoms with Crippen molar-refractivity contribution in [1.82, 2.24) is 20.6 Å². The number of benzene rings is 1. The van der Waals surface area contributed by atoms with Crippen LogP contribution in [0.15, 0.2) is 48.7 Å². The normalized spacial score (nSPS) is 21.6. The van der Waals surface area contributed by atoms with Crippen molar-refractivity contribution in [3.8, 4) is 11.3 Å². The number of pyridine rings is 2. The summed E-state index contributed by atoms with van der Waals surface area (Å²) in [5.41, 5.74) is 2.86. The van der Waals surface area contributed by atoms with Gasteiger partial charge in [-0.05, 0) is 68.2 Å². The van der Waals surface area contributed by atoms with Crippen LogP contribution in [-0.4, -0.2) is 64.5 Å². The Morgan fingerprint density at radius 3 is 2.35 bits per heavy atom. The average Bonchev–Trinajstić information content (AvgIpc) is 3.36. The standard InChI is InChI=1S/C28H33N5O4/c34-21-11-12-33(17-21)26-10-9-20(16-29-26)25-13-23(22-3-1-2-4-24(22)32-25)27(35)30-14-18-5-7-19(8-6-18)15-31-28(36)37/h1-4,9-10,13,16,18-19,21,31,34H,5-8,11-12,14-15,17H2,(H,30,35)(H,36,37)/t18?,19?,21-/m1/s1. The quantitative estimate of drug-likeness (QED) is 0.387. The van der Waals surface area contributed by atoms with Crippen LogP contribution in [0.5, 0.6) is 0 Å². The fourth-order valence-electron chi connectivity index (χ4n) is 5.39. The molecule has 1 aliphatic heterocycles. The summed E-state index contributed by atoms with van der Waals surface area (Å²) in [4.78, 5) is 35.5. The first-order valence-electron chi connectivity index (χ1n) is 13.0. The topological polar surface area (TPSA) is 128 Å². The van der Waals surface area contributed by atoms with Gasteiger partial charge in [0.05, 0.1) is 22.9 Å². The van der Waals surface area contributed by atoms with Crippen molar-refractivity contribution >= 4 is 28.7 Å². The van der Waals surface area contributed by atoms with Crippen LogP contribution in [0.3, 0.4) is 0 Å². The zero-order valence-electron chi connectivity index (χ0n) is 20.8. The van der Waals surface area contributed by atoms with E-state index in [0.29, 0.717) is 42.7 Å². The summed E-state index contributed by atoms with van der Waals surface area (Å²) in [6.07, 6.45) is 5.10. The van der Waals surface area contributed by atoms with Gasteiger partial charge in [-0.1, -0.05) is 18.2 Å². The molecule has 0 unspecified atom stereocenters. The number of nitrogens with zero attached hydrogens (tertiary/aromatic N) is 3. The van der Waals surface area contributed by atoms with E-state index in [1.54, 1.807) is 6.20 Å². The van der Waals surface area contributed by atoms with Gasteiger partial charge in [0, 0.05) is 43.3 Å². The summed E-state index contributed by atoms with van der Waals surface area (Å²) in [6.45, 7) is 2.47. The Bertz CT molecular complexity index is 1260. The molecule has 0 spiro atoms. The second-order valence-electron chi connectivity index (χ2n) is 10.1. The molecule has 37 heavy (non-hydrogen) atoms. The highest BCUT2D eigenvalue weighted by Gasteiger charge is 2.23. The Morgan fingerprint density at radius 1 is 0.973 bits per heavy atom. The number of hydrogen-bond acceptors (Lipinski definition) is 6. The lowest BCUT2D eigenvalue weighted by Crippen LogP contribution is -2.34. The summed E-state index contributed by atoms with van der Waals surface area (Å²) in [5, 5.41) is 25.0. The van der Waals surface area contributed by atoms with Crippen LogP contribution in [0.1, 0.15) is 42.5 Å². The molecule has 0 bridgehead atoms. The summed E-state index contributed by atoms with van der Waals surface area (Å²) >= 11 is 0. The number of anilines is 1. The predicted octanol–water partition coefficient (Wildman–Crippen LogP) is 3.67. The number of carbonyl (C=O) groups excluding carboxylic acids is 1. The van der Waals surface area contributed by atoms with Crippen molar-refractivity contribution < 1.29 is 19.8 Å². The molecule has 1 aromatic carbocycles. The Balaban J connectivity index is 1.28. The highest BCUT2D eigenvalue weighted by molar-refractivity contribution is 6.07. The molecule has 1 atom stereocenters. The molecule has 3 aromatic rings. The SMILES string of the molecule is O=C(O)NCC1CCC(CNC(=O)c2cc(-c3ccc(N4CC[C@@H](O)C4)nc3)nc3ccccc23)CC1. The van der Waals surface area contributed by atoms with Crippen molar-refractivity contribution in [2.45, 2.75) is 38.2 Å². The number of nitrogens with one attached hydrogen (secondary N) is 2. The highest BCUT2D eigenvalue weighted by atomic mass is 16.4. The largest absolute Gasteiger partial charge is 0.465 e. The predicted molar refractivity (Wildman–Crippen MR) is 142 cm³/mol. The fourth-order valence-corrected chi connectivity index (χ4v) is 5.39. The molecular weight excluding hydrogens is 470 g/mol. The van der Waals surface area contributed by atoms with E-state index in [1.165, 1.54) is 0 Å². The maximum atomic E-state index is 13.3. The number of rotatable bonds is 7. The van der Waals surface area contributed by atoms with E-state index in [0.717, 1.165) is 60.9 Å². The van der Waals surface area contributed by atoms with Crippen LogP contribution in [-0.2, 0) is 0 Å². The molecule has 2 fully saturated rings. The van der Waals surface area contributed by atoms with Crippen LogP contribution in [0.4, 0.5) is 10.6 Å².